The molecule has 7 nitrogen and oxygen atoms in total. The summed E-state index contributed by atoms with van der Waals surface area (Å²) >= 11 is 0. The van der Waals surface area contributed by atoms with Crippen molar-refractivity contribution in [2.45, 2.75) is 25.4 Å². The average Bonchev–Trinajstić information content (AvgIpc) is 3.54. The van der Waals surface area contributed by atoms with Crippen LogP contribution >= 0.6 is 0 Å². The number of anilines is 1. The van der Waals surface area contributed by atoms with Crippen LogP contribution in [0.5, 0.6) is 0 Å². The monoisotopic (exact) mass is 394 g/mol. The number of amidine groups is 1. The van der Waals surface area contributed by atoms with Gasteiger partial charge in [-0.3, -0.25) is 4.79 Å². The number of carbonyl (C=O) groups excluding carboxylic acids is 1. The summed E-state index contributed by atoms with van der Waals surface area (Å²) in [5.41, 5.74) is 8.53. The van der Waals surface area contributed by atoms with E-state index in [1.807, 2.05) is 12.1 Å². The van der Waals surface area contributed by atoms with Gasteiger partial charge in [0.05, 0.1) is 12.3 Å². The highest BCUT2D eigenvalue weighted by Crippen LogP contribution is 2.48. The van der Waals surface area contributed by atoms with Crippen molar-refractivity contribution in [1.82, 2.24) is 4.90 Å². The Kier molecular flexibility index (Phi) is 3.90. The van der Waals surface area contributed by atoms with Crippen LogP contribution in [0.15, 0.2) is 57.4 Å². The predicted molar refractivity (Wildman–Crippen MR) is 105 cm³/mol. The van der Waals surface area contributed by atoms with Gasteiger partial charge in [0.2, 0.25) is 0 Å². The topological polar surface area (TPSA) is 108 Å². The maximum atomic E-state index is 14.9. The number of halogens is 1. The summed E-state index contributed by atoms with van der Waals surface area (Å²) in [4.78, 5) is 26.1. The van der Waals surface area contributed by atoms with Gasteiger partial charge in [-0.2, -0.15) is 5.10 Å². The fourth-order valence-electron chi connectivity index (χ4n) is 4.30. The van der Waals surface area contributed by atoms with Gasteiger partial charge in [0, 0.05) is 29.3 Å². The number of alkyl halides is 1. The van der Waals surface area contributed by atoms with Crippen molar-refractivity contribution in [1.29, 1.82) is 0 Å². The number of nitrogens with zero attached hydrogens (tertiary/aromatic N) is 3. The second-order valence-electron chi connectivity index (χ2n) is 7.83. The lowest BCUT2D eigenvalue weighted by Gasteiger charge is -2.41. The fourth-order valence-corrected chi connectivity index (χ4v) is 4.30. The summed E-state index contributed by atoms with van der Waals surface area (Å²) in [5.74, 6) is -1.63. The number of rotatable bonds is 3. The third-order valence-electron chi connectivity index (χ3n) is 5.91. The van der Waals surface area contributed by atoms with Gasteiger partial charge in [-0.1, -0.05) is 18.2 Å². The zero-order chi connectivity index (χ0) is 20.3. The van der Waals surface area contributed by atoms with Crippen LogP contribution < -0.4 is 5.73 Å². The Bertz CT molecular complexity index is 1050. The van der Waals surface area contributed by atoms with E-state index in [-0.39, 0.29) is 41.8 Å². The Labute approximate surface area is 166 Å². The zero-order valence-electron chi connectivity index (χ0n) is 15.5. The van der Waals surface area contributed by atoms with Crippen molar-refractivity contribution in [3.05, 3.63) is 52.7 Å². The van der Waals surface area contributed by atoms with Gasteiger partial charge in [-0.25, -0.2) is 9.18 Å². The Balaban J connectivity index is 1.58. The first kappa shape index (κ1) is 17.8. The minimum atomic E-state index is -1.50. The van der Waals surface area contributed by atoms with Crippen LogP contribution in [0, 0.1) is 11.8 Å². The Morgan fingerprint density at radius 3 is 2.59 bits per heavy atom. The molecule has 0 spiro atoms. The van der Waals surface area contributed by atoms with Crippen molar-refractivity contribution in [3.8, 4) is 0 Å². The third-order valence-corrected chi connectivity index (χ3v) is 5.91. The van der Waals surface area contributed by atoms with E-state index < -0.39 is 17.9 Å². The molecule has 1 fully saturated rings. The fraction of sp³-hybridized carbons (Fsp3) is 0.333. The van der Waals surface area contributed by atoms with Gasteiger partial charge >= 0.3 is 5.97 Å². The molecule has 2 aliphatic carbocycles. The molecule has 2 unspecified atom stereocenters. The average molecular weight is 394 g/mol. The summed E-state index contributed by atoms with van der Waals surface area (Å²) in [5, 5.41) is 17.8. The maximum absolute atomic E-state index is 14.9. The molecule has 29 heavy (non-hydrogen) atoms. The summed E-state index contributed by atoms with van der Waals surface area (Å²) < 4.78 is 14.9. The van der Waals surface area contributed by atoms with E-state index in [1.165, 1.54) is 0 Å². The number of carboxylic acid groups (broad SMARTS) is 1. The van der Waals surface area contributed by atoms with Crippen LogP contribution in [0.2, 0.25) is 0 Å². The van der Waals surface area contributed by atoms with Crippen molar-refractivity contribution >= 4 is 29.0 Å². The number of nitrogens with two attached hydrogens (primary N) is 1. The molecule has 1 aromatic carbocycles. The standard InChI is InChI=1S/C21H19FN4O3/c22-16-8-14-18(13(10-1-2-10)7-15(19(14)27)21(28)29)26-9-17(24-25-20(16)26)11-3-5-12(23)6-4-11/h3-7,10,13,16H,1-2,8-9,23H2,(H,28,29). The Morgan fingerprint density at radius 1 is 1.21 bits per heavy atom. The van der Waals surface area contributed by atoms with Crippen LogP contribution in [0.3, 0.4) is 0 Å². The van der Waals surface area contributed by atoms with Crippen LogP contribution in [0.25, 0.3) is 0 Å². The number of ketones is 1. The third kappa shape index (κ3) is 2.86. The molecule has 0 amide bonds. The molecule has 0 bridgehead atoms. The second kappa shape index (κ2) is 6.37. The van der Waals surface area contributed by atoms with E-state index in [1.54, 1.807) is 23.1 Å². The highest BCUT2D eigenvalue weighted by atomic mass is 19.1. The molecule has 5 rings (SSSR count). The number of carboxylic acids is 1. The second-order valence-corrected chi connectivity index (χ2v) is 7.83. The molecule has 2 heterocycles. The van der Waals surface area contributed by atoms with Crippen molar-refractivity contribution in [3.63, 3.8) is 0 Å². The first-order chi connectivity index (χ1) is 13.9. The molecular formula is C21H19FN4O3. The SMILES string of the molecule is Nc1ccc(C2=NN=C3C(F)CC4=C(C(C5CC5)C=C(C(=O)O)C4=O)N3C2)cc1. The lowest BCUT2D eigenvalue weighted by Crippen LogP contribution is -2.49. The normalized spacial score (nSPS) is 26.3. The summed E-state index contributed by atoms with van der Waals surface area (Å²) in [7, 11) is 0. The molecule has 0 saturated heterocycles. The van der Waals surface area contributed by atoms with Crippen LogP contribution in [0.1, 0.15) is 24.8 Å². The van der Waals surface area contributed by atoms with Crippen LogP contribution in [-0.2, 0) is 9.59 Å². The molecule has 1 saturated carbocycles. The van der Waals surface area contributed by atoms with Gasteiger partial charge < -0.3 is 15.7 Å². The number of nitrogen functional groups attached to an aromatic ring is 1. The molecular weight excluding hydrogens is 375 g/mol. The number of fused-ring (bicyclic) bond motifs is 2. The molecule has 0 aromatic heterocycles. The molecule has 0 radical (unpaired) electrons. The minimum absolute atomic E-state index is 0.163. The number of aliphatic carboxylic acids is 1. The molecule has 3 N–H and O–H groups in total. The summed E-state index contributed by atoms with van der Waals surface area (Å²) in [6.07, 6.45) is 1.80. The van der Waals surface area contributed by atoms with Gasteiger partial charge in [0.15, 0.2) is 17.8 Å². The smallest absolute Gasteiger partial charge is 0.339 e. The number of allylic oxidation sites excluding steroid dienone is 2. The number of hydrogen-bond donors (Lipinski definition) is 2. The molecule has 8 heteroatoms. The quantitative estimate of drug-likeness (QED) is 0.604. The lowest BCUT2D eigenvalue weighted by molar-refractivity contribution is -0.134. The van der Waals surface area contributed by atoms with E-state index in [0.29, 0.717) is 17.1 Å². The Hall–Kier alpha value is -3.29. The van der Waals surface area contributed by atoms with Gasteiger partial charge in [-0.05, 0) is 36.5 Å². The zero-order valence-corrected chi connectivity index (χ0v) is 15.5. The van der Waals surface area contributed by atoms with E-state index in [0.717, 1.165) is 18.4 Å². The maximum Gasteiger partial charge on any atom is 0.339 e. The van der Waals surface area contributed by atoms with E-state index in [9.17, 15) is 19.1 Å². The van der Waals surface area contributed by atoms with Gasteiger partial charge in [0.25, 0.3) is 0 Å². The van der Waals surface area contributed by atoms with Crippen molar-refractivity contribution in [2.75, 3.05) is 12.3 Å². The van der Waals surface area contributed by atoms with Gasteiger partial charge in [-0.15, -0.1) is 5.10 Å². The molecule has 1 aromatic rings. The van der Waals surface area contributed by atoms with E-state index in [2.05, 4.69) is 10.2 Å². The van der Waals surface area contributed by atoms with Gasteiger partial charge in [0.1, 0.15) is 5.57 Å². The van der Waals surface area contributed by atoms with E-state index >= 15 is 0 Å². The Morgan fingerprint density at radius 2 is 1.93 bits per heavy atom. The first-order valence-electron chi connectivity index (χ1n) is 9.59. The van der Waals surface area contributed by atoms with Crippen molar-refractivity contribution in [2.24, 2.45) is 22.0 Å². The first-order valence-corrected chi connectivity index (χ1v) is 9.59. The molecule has 4 aliphatic rings. The highest BCUT2D eigenvalue weighted by Gasteiger charge is 2.47. The molecule has 2 atom stereocenters. The number of benzene rings is 1. The summed E-state index contributed by atoms with van der Waals surface area (Å²) in [6, 6.07) is 7.17. The lowest BCUT2D eigenvalue weighted by atomic mass is 9.79. The summed E-state index contributed by atoms with van der Waals surface area (Å²) in [6.45, 7) is 0.273. The van der Waals surface area contributed by atoms with Crippen LogP contribution in [0.4, 0.5) is 10.1 Å². The highest BCUT2D eigenvalue weighted by molar-refractivity contribution is 6.25. The number of Topliss-reactive ketones (excluding diaryl/α,β-unsaturated/α-hetero) is 1. The molecule has 148 valence electrons. The number of carbonyl (C=O) groups is 2. The van der Waals surface area contributed by atoms with Crippen molar-refractivity contribution < 1.29 is 19.1 Å². The minimum Gasteiger partial charge on any atom is -0.478 e. The number of hydrogen-bond acceptors (Lipinski definition) is 6. The van der Waals surface area contributed by atoms with Crippen LogP contribution in [-0.4, -0.2) is 46.0 Å². The predicted octanol–water partition coefficient (Wildman–Crippen LogP) is 2.30. The largest absolute Gasteiger partial charge is 0.478 e. The van der Waals surface area contributed by atoms with E-state index in [4.69, 9.17) is 5.73 Å². The molecule has 2 aliphatic heterocycles.